The van der Waals surface area contributed by atoms with Crippen molar-refractivity contribution in [2.75, 3.05) is 63.8 Å². The van der Waals surface area contributed by atoms with E-state index in [9.17, 15) is 9.59 Å². The van der Waals surface area contributed by atoms with Gasteiger partial charge in [0, 0.05) is 19.8 Å². The van der Waals surface area contributed by atoms with Crippen molar-refractivity contribution in [3.8, 4) is 5.75 Å². The Labute approximate surface area is 166 Å². The Kier molecular flexibility index (Phi) is 5.82. The minimum Gasteiger partial charge on any atom is -0.476 e. The smallest absolute Gasteiger partial charge is 0.265 e. The SMILES string of the molecule is CC(=O)N1C[C@@H](C(=O)N2CC[NH+](CC[NH+]3CCCC3)CC2)Oc2ccccc21. The lowest BCUT2D eigenvalue weighted by Gasteiger charge is -2.38. The topological polar surface area (TPSA) is 58.7 Å². The quantitative estimate of drug-likeness (QED) is 0.641. The van der Waals surface area contributed by atoms with Gasteiger partial charge in [0.25, 0.3) is 5.91 Å². The van der Waals surface area contributed by atoms with E-state index < -0.39 is 6.10 Å². The maximum atomic E-state index is 13.1. The Balaban J connectivity index is 1.32. The van der Waals surface area contributed by atoms with Crippen LogP contribution in [0.5, 0.6) is 5.75 Å². The molecule has 152 valence electrons. The van der Waals surface area contributed by atoms with E-state index in [1.165, 1.54) is 45.9 Å². The Hall–Kier alpha value is -2.12. The third-order valence-electron chi connectivity index (χ3n) is 6.35. The summed E-state index contributed by atoms with van der Waals surface area (Å²) in [5.41, 5.74) is 0.748. The van der Waals surface area contributed by atoms with Crippen LogP contribution in [0.2, 0.25) is 0 Å². The molecule has 0 radical (unpaired) electrons. The first-order valence-corrected chi connectivity index (χ1v) is 10.6. The van der Waals surface area contributed by atoms with Gasteiger partial charge in [-0.1, -0.05) is 12.1 Å². The summed E-state index contributed by atoms with van der Waals surface area (Å²) in [4.78, 5) is 32.0. The van der Waals surface area contributed by atoms with Crippen molar-refractivity contribution in [2.45, 2.75) is 25.9 Å². The largest absolute Gasteiger partial charge is 0.476 e. The second-order valence-corrected chi connectivity index (χ2v) is 8.24. The van der Waals surface area contributed by atoms with Crippen LogP contribution >= 0.6 is 0 Å². The van der Waals surface area contributed by atoms with Gasteiger partial charge in [-0.05, 0) is 12.1 Å². The number of nitrogens with zero attached hydrogens (tertiary/aromatic N) is 2. The number of carbonyl (C=O) groups excluding carboxylic acids is 2. The van der Waals surface area contributed by atoms with Crippen LogP contribution in [0, 0.1) is 0 Å². The van der Waals surface area contributed by atoms with Gasteiger partial charge in [-0.25, -0.2) is 0 Å². The lowest BCUT2D eigenvalue weighted by molar-refractivity contribution is -0.954. The zero-order chi connectivity index (χ0) is 19.5. The van der Waals surface area contributed by atoms with Crippen LogP contribution in [0.15, 0.2) is 24.3 Å². The molecule has 4 rings (SSSR count). The monoisotopic (exact) mass is 388 g/mol. The van der Waals surface area contributed by atoms with Crippen molar-refractivity contribution in [3.05, 3.63) is 24.3 Å². The number of quaternary nitrogens is 2. The molecular weight excluding hydrogens is 356 g/mol. The highest BCUT2D eigenvalue weighted by atomic mass is 16.5. The first-order chi connectivity index (χ1) is 13.6. The number of hydrogen-bond donors (Lipinski definition) is 2. The van der Waals surface area contributed by atoms with Crippen LogP contribution < -0.4 is 19.4 Å². The molecule has 3 aliphatic heterocycles. The number of benzene rings is 1. The zero-order valence-corrected chi connectivity index (χ0v) is 16.8. The van der Waals surface area contributed by atoms with E-state index in [0.29, 0.717) is 5.75 Å². The summed E-state index contributed by atoms with van der Waals surface area (Å²) in [6.45, 7) is 10.5. The molecular formula is C21H32N4O3+2. The van der Waals surface area contributed by atoms with Crippen molar-refractivity contribution in [2.24, 2.45) is 0 Å². The number of anilines is 1. The van der Waals surface area contributed by atoms with Crippen LogP contribution in [0.25, 0.3) is 0 Å². The number of rotatable bonds is 4. The zero-order valence-electron chi connectivity index (χ0n) is 16.8. The van der Waals surface area contributed by atoms with Crippen molar-refractivity contribution in [3.63, 3.8) is 0 Å². The molecule has 1 atom stereocenters. The molecule has 0 aromatic heterocycles. The van der Waals surface area contributed by atoms with Crippen LogP contribution in [0.4, 0.5) is 5.69 Å². The minimum absolute atomic E-state index is 0.00460. The molecule has 0 saturated carbocycles. The lowest BCUT2D eigenvalue weighted by Crippen LogP contribution is -3.21. The number of piperazine rings is 1. The highest BCUT2D eigenvalue weighted by Crippen LogP contribution is 2.33. The van der Waals surface area contributed by atoms with Gasteiger partial charge >= 0.3 is 0 Å². The third-order valence-corrected chi connectivity index (χ3v) is 6.35. The molecule has 3 heterocycles. The Morgan fingerprint density at radius 2 is 1.68 bits per heavy atom. The number of para-hydroxylation sites is 2. The number of amides is 2. The Morgan fingerprint density at radius 1 is 1.04 bits per heavy atom. The van der Waals surface area contributed by atoms with E-state index >= 15 is 0 Å². The fourth-order valence-electron chi connectivity index (χ4n) is 4.64. The predicted octanol–water partition coefficient (Wildman–Crippen LogP) is -1.79. The molecule has 7 nitrogen and oxygen atoms in total. The number of nitrogens with one attached hydrogen (secondary N) is 2. The average molecular weight is 389 g/mol. The Bertz CT molecular complexity index is 711. The van der Waals surface area contributed by atoms with Gasteiger partial charge in [0.1, 0.15) is 18.8 Å². The first kappa shape index (κ1) is 19.2. The summed E-state index contributed by atoms with van der Waals surface area (Å²) in [6.07, 6.45) is 2.12. The molecule has 0 bridgehead atoms. The second kappa shape index (κ2) is 8.49. The van der Waals surface area contributed by atoms with E-state index in [0.717, 1.165) is 31.9 Å². The second-order valence-electron chi connectivity index (χ2n) is 8.24. The molecule has 1 aromatic rings. The van der Waals surface area contributed by atoms with Gasteiger partial charge in [0.15, 0.2) is 6.10 Å². The van der Waals surface area contributed by atoms with Crippen LogP contribution in [-0.2, 0) is 9.59 Å². The van der Waals surface area contributed by atoms with Gasteiger partial charge < -0.3 is 24.3 Å². The third kappa shape index (κ3) is 4.15. The molecule has 2 amide bonds. The number of ether oxygens (including phenoxy) is 1. The molecule has 1 aromatic carbocycles. The van der Waals surface area contributed by atoms with Gasteiger partial charge in [0.2, 0.25) is 5.91 Å². The molecule has 3 aliphatic rings. The fourth-order valence-corrected chi connectivity index (χ4v) is 4.64. The summed E-state index contributed by atoms with van der Waals surface area (Å²) in [7, 11) is 0. The highest BCUT2D eigenvalue weighted by molar-refractivity contribution is 5.95. The minimum atomic E-state index is -0.616. The van der Waals surface area contributed by atoms with Crippen molar-refractivity contribution in [1.29, 1.82) is 0 Å². The maximum absolute atomic E-state index is 13.1. The van der Waals surface area contributed by atoms with Crippen molar-refractivity contribution in [1.82, 2.24) is 4.90 Å². The van der Waals surface area contributed by atoms with Crippen molar-refractivity contribution < 1.29 is 24.1 Å². The van der Waals surface area contributed by atoms with E-state index in [-0.39, 0.29) is 18.4 Å². The van der Waals surface area contributed by atoms with Gasteiger partial charge in [-0.2, -0.15) is 0 Å². The summed E-state index contributed by atoms with van der Waals surface area (Å²) < 4.78 is 5.97. The summed E-state index contributed by atoms with van der Waals surface area (Å²) >= 11 is 0. The summed E-state index contributed by atoms with van der Waals surface area (Å²) in [5.74, 6) is 0.553. The molecule has 0 aliphatic carbocycles. The predicted molar refractivity (Wildman–Crippen MR) is 106 cm³/mol. The molecule has 28 heavy (non-hydrogen) atoms. The standard InChI is InChI=1S/C21H30N4O3/c1-17(26)25-16-20(28-19-7-3-2-6-18(19)25)21(27)24-14-12-23(13-15-24)11-10-22-8-4-5-9-22/h2-3,6-7,20H,4-5,8-16H2,1H3/p+2/t20-/m0/s1. The van der Waals surface area contributed by atoms with E-state index in [4.69, 9.17) is 4.74 Å². The number of fused-ring (bicyclic) bond motifs is 1. The summed E-state index contributed by atoms with van der Waals surface area (Å²) in [5, 5.41) is 0. The normalized spacial score (nSPS) is 23.4. The van der Waals surface area contributed by atoms with Crippen molar-refractivity contribution >= 4 is 17.5 Å². The van der Waals surface area contributed by atoms with E-state index in [1.54, 1.807) is 14.7 Å². The highest BCUT2D eigenvalue weighted by Gasteiger charge is 2.36. The first-order valence-electron chi connectivity index (χ1n) is 10.6. The number of carbonyl (C=O) groups is 2. The van der Waals surface area contributed by atoms with Gasteiger partial charge in [-0.15, -0.1) is 0 Å². The average Bonchev–Trinajstić information content (AvgIpc) is 3.25. The molecule has 7 heteroatoms. The van der Waals surface area contributed by atoms with E-state index in [2.05, 4.69) is 0 Å². The van der Waals surface area contributed by atoms with Gasteiger partial charge in [-0.3, -0.25) is 9.59 Å². The maximum Gasteiger partial charge on any atom is 0.265 e. The lowest BCUT2D eigenvalue weighted by atomic mass is 10.1. The number of hydrogen-bond acceptors (Lipinski definition) is 3. The fraction of sp³-hybridized carbons (Fsp3) is 0.619. The molecule has 0 spiro atoms. The van der Waals surface area contributed by atoms with Crippen LogP contribution in [0.1, 0.15) is 19.8 Å². The van der Waals surface area contributed by atoms with Gasteiger partial charge in [0.05, 0.1) is 51.5 Å². The van der Waals surface area contributed by atoms with Crippen LogP contribution in [-0.4, -0.2) is 81.7 Å². The number of likely N-dealkylation sites (tertiary alicyclic amines) is 1. The molecule has 2 fully saturated rings. The van der Waals surface area contributed by atoms with E-state index in [1.807, 2.05) is 29.2 Å². The Morgan fingerprint density at radius 3 is 2.36 bits per heavy atom. The molecule has 0 unspecified atom stereocenters. The van der Waals surface area contributed by atoms with Crippen LogP contribution in [0.3, 0.4) is 0 Å². The summed E-state index contributed by atoms with van der Waals surface area (Å²) in [6, 6.07) is 7.44. The molecule has 2 saturated heterocycles. The molecule has 2 N–H and O–H groups in total.